The quantitative estimate of drug-likeness (QED) is 0.769. The number of sulfonamides is 1. The molecule has 1 aromatic rings. The lowest BCUT2D eigenvalue weighted by Gasteiger charge is -2.14. The molecule has 1 unspecified atom stereocenters. The number of hydrogen-bond acceptors (Lipinski definition) is 4. The van der Waals surface area contributed by atoms with Gasteiger partial charge in [-0.1, -0.05) is 0 Å². The predicted molar refractivity (Wildman–Crippen MR) is 66.2 cm³/mol. The lowest BCUT2D eigenvalue weighted by atomic mass is 10.4. The van der Waals surface area contributed by atoms with Gasteiger partial charge in [0.15, 0.2) is 0 Å². The van der Waals surface area contributed by atoms with Gasteiger partial charge in [0.25, 0.3) is 0 Å². The Hall–Kier alpha value is -1.08. The fourth-order valence-corrected chi connectivity index (χ4v) is 2.42. The molecule has 2 rings (SSSR count). The largest absolute Gasteiger partial charge is 0.313 e. The molecule has 1 heterocycles. The first-order valence-corrected chi connectivity index (χ1v) is 7.25. The van der Waals surface area contributed by atoms with Crippen LogP contribution in [0.25, 0.3) is 0 Å². The summed E-state index contributed by atoms with van der Waals surface area (Å²) in [7, 11) is -1.59. The van der Waals surface area contributed by atoms with Crippen molar-refractivity contribution in [1.29, 1.82) is 0 Å². The summed E-state index contributed by atoms with van der Waals surface area (Å²) in [4.78, 5) is 0. The monoisotopic (exact) mass is 258 g/mol. The van der Waals surface area contributed by atoms with Crippen molar-refractivity contribution in [1.82, 2.24) is 15.1 Å². The van der Waals surface area contributed by atoms with E-state index in [0.717, 1.165) is 12.8 Å². The van der Waals surface area contributed by atoms with E-state index in [2.05, 4.69) is 15.1 Å². The highest BCUT2D eigenvalue weighted by atomic mass is 32.2. The Morgan fingerprint density at radius 1 is 1.59 bits per heavy atom. The van der Waals surface area contributed by atoms with Gasteiger partial charge in [0.1, 0.15) is 0 Å². The number of anilines is 1. The van der Waals surface area contributed by atoms with Crippen LogP contribution in [0.4, 0.5) is 5.69 Å². The highest BCUT2D eigenvalue weighted by Crippen LogP contribution is 2.19. The van der Waals surface area contributed by atoms with Crippen LogP contribution < -0.4 is 10.0 Å². The van der Waals surface area contributed by atoms with Crippen molar-refractivity contribution in [3.8, 4) is 0 Å². The first-order valence-electron chi connectivity index (χ1n) is 5.71. The minimum atomic E-state index is -3.33. The van der Waals surface area contributed by atoms with Gasteiger partial charge in [0.2, 0.25) is 10.0 Å². The maximum absolute atomic E-state index is 12.0. The van der Waals surface area contributed by atoms with Gasteiger partial charge in [-0.05, 0) is 19.8 Å². The van der Waals surface area contributed by atoms with Crippen molar-refractivity contribution >= 4 is 15.7 Å². The minimum Gasteiger partial charge on any atom is -0.313 e. The molecule has 0 radical (unpaired) electrons. The van der Waals surface area contributed by atoms with Crippen LogP contribution >= 0.6 is 0 Å². The van der Waals surface area contributed by atoms with Crippen molar-refractivity contribution in [3.63, 3.8) is 0 Å². The molecule has 6 nitrogen and oxygen atoms in total. The molecule has 2 N–H and O–H groups in total. The SMILES string of the molecule is CC(CNC1CC1)S(=O)(=O)Nc1cnn(C)c1. The fraction of sp³-hybridized carbons (Fsp3) is 0.700. The van der Waals surface area contributed by atoms with Crippen molar-refractivity contribution in [2.24, 2.45) is 7.05 Å². The molecule has 0 saturated heterocycles. The van der Waals surface area contributed by atoms with Crippen LogP contribution in [-0.2, 0) is 17.1 Å². The summed E-state index contributed by atoms with van der Waals surface area (Å²) < 4.78 is 28.0. The standard InChI is InChI=1S/C10H18N4O2S/c1-8(5-11-9-3-4-9)17(15,16)13-10-6-12-14(2)7-10/h6-9,11,13H,3-5H2,1-2H3. The average molecular weight is 258 g/mol. The van der Waals surface area contributed by atoms with E-state index in [1.807, 2.05) is 0 Å². The Balaban J connectivity index is 1.92. The zero-order chi connectivity index (χ0) is 12.5. The molecule has 1 aliphatic rings. The molecule has 0 aromatic carbocycles. The van der Waals surface area contributed by atoms with E-state index in [4.69, 9.17) is 0 Å². The zero-order valence-electron chi connectivity index (χ0n) is 10.0. The van der Waals surface area contributed by atoms with Crippen LogP contribution in [0.3, 0.4) is 0 Å². The lowest BCUT2D eigenvalue weighted by molar-refractivity contribution is 0.576. The zero-order valence-corrected chi connectivity index (χ0v) is 10.9. The third-order valence-electron chi connectivity index (χ3n) is 2.77. The van der Waals surface area contributed by atoms with Gasteiger partial charge in [-0.2, -0.15) is 5.10 Å². The molecule has 17 heavy (non-hydrogen) atoms. The smallest absolute Gasteiger partial charge is 0.236 e. The van der Waals surface area contributed by atoms with Crippen molar-refractivity contribution in [3.05, 3.63) is 12.4 Å². The molecular weight excluding hydrogens is 240 g/mol. The summed E-state index contributed by atoms with van der Waals surface area (Å²) in [6.45, 7) is 2.19. The third kappa shape index (κ3) is 3.44. The number of rotatable bonds is 6. The van der Waals surface area contributed by atoms with Gasteiger partial charge in [0.05, 0.1) is 17.1 Å². The Bertz CT molecular complexity index is 478. The predicted octanol–water partition coefficient (Wildman–Crippen LogP) is 0.302. The summed E-state index contributed by atoms with van der Waals surface area (Å²) >= 11 is 0. The Morgan fingerprint density at radius 3 is 2.82 bits per heavy atom. The number of nitrogens with one attached hydrogen (secondary N) is 2. The van der Waals surface area contributed by atoms with E-state index in [1.54, 1.807) is 24.9 Å². The van der Waals surface area contributed by atoms with E-state index >= 15 is 0 Å². The van der Waals surface area contributed by atoms with Gasteiger partial charge in [-0.3, -0.25) is 9.40 Å². The molecule has 0 amide bonds. The van der Waals surface area contributed by atoms with Gasteiger partial charge in [-0.15, -0.1) is 0 Å². The molecule has 7 heteroatoms. The first kappa shape index (κ1) is 12.4. The molecule has 0 bridgehead atoms. The van der Waals surface area contributed by atoms with Crippen LogP contribution in [0.1, 0.15) is 19.8 Å². The molecule has 1 atom stereocenters. The molecule has 96 valence electrons. The van der Waals surface area contributed by atoms with Gasteiger partial charge >= 0.3 is 0 Å². The van der Waals surface area contributed by atoms with Crippen molar-refractivity contribution < 1.29 is 8.42 Å². The van der Waals surface area contributed by atoms with Crippen LogP contribution in [0.15, 0.2) is 12.4 Å². The summed E-state index contributed by atoms with van der Waals surface area (Å²) in [6, 6.07) is 0.519. The Labute approximate surface area is 101 Å². The van der Waals surface area contributed by atoms with Gasteiger partial charge in [-0.25, -0.2) is 8.42 Å². The summed E-state index contributed by atoms with van der Waals surface area (Å²) in [5.41, 5.74) is 0.505. The van der Waals surface area contributed by atoms with E-state index in [1.165, 1.54) is 6.20 Å². The minimum absolute atomic E-state index is 0.455. The Morgan fingerprint density at radius 2 is 2.29 bits per heavy atom. The van der Waals surface area contributed by atoms with E-state index in [0.29, 0.717) is 18.3 Å². The molecule has 1 aromatic heterocycles. The van der Waals surface area contributed by atoms with Gasteiger partial charge in [0, 0.05) is 25.8 Å². The fourth-order valence-electron chi connectivity index (χ4n) is 1.47. The number of nitrogens with zero attached hydrogens (tertiary/aromatic N) is 2. The van der Waals surface area contributed by atoms with Crippen LogP contribution in [0.2, 0.25) is 0 Å². The van der Waals surface area contributed by atoms with E-state index in [9.17, 15) is 8.42 Å². The highest BCUT2D eigenvalue weighted by Gasteiger charge is 2.25. The summed E-state index contributed by atoms with van der Waals surface area (Å²) in [6.07, 6.45) is 5.45. The first-order chi connectivity index (χ1) is 7.97. The number of hydrogen-bond donors (Lipinski definition) is 2. The normalized spacial score (nSPS) is 18.0. The molecule has 1 saturated carbocycles. The van der Waals surface area contributed by atoms with Crippen molar-refractivity contribution in [2.45, 2.75) is 31.1 Å². The summed E-state index contributed by atoms with van der Waals surface area (Å²) in [5, 5.41) is 6.68. The number of aryl methyl sites for hydroxylation is 1. The Kier molecular flexibility index (Phi) is 3.39. The van der Waals surface area contributed by atoms with Gasteiger partial charge < -0.3 is 5.32 Å². The maximum atomic E-state index is 12.0. The summed E-state index contributed by atoms with van der Waals surface area (Å²) in [5.74, 6) is 0. The average Bonchev–Trinajstić information content (AvgIpc) is 2.99. The lowest BCUT2D eigenvalue weighted by Crippen LogP contribution is -2.35. The topological polar surface area (TPSA) is 76.0 Å². The van der Waals surface area contributed by atoms with Crippen LogP contribution in [0.5, 0.6) is 0 Å². The molecule has 0 aliphatic heterocycles. The second-order valence-electron chi connectivity index (χ2n) is 4.54. The van der Waals surface area contributed by atoms with Crippen LogP contribution in [0, 0.1) is 0 Å². The molecule has 1 fully saturated rings. The van der Waals surface area contributed by atoms with Crippen molar-refractivity contribution in [2.75, 3.05) is 11.3 Å². The molecule has 1 aliphatic carbocycles. The molecular formula is C10H18N4O2S. The molecule has 0 spiro atoms. The number of aromatic nitrogens is 2. The second-order valence-corrected chi connectivity index (χ2v) is 6.64. The van der Waals surface area contributed by atoms with E-state index < -0.39 is 15.3 Å². The maximum Gasteiger partial charge on any atom is 0.236 e. The second kappa shape index (κ2) is 4.66. The third-order valence-corrected chi connectivity index (χ3v) is 4.51. The van der Waals surface area contributed by atoms with Crippen LogP contribution in [-0.4, -0.2) is 36.0 Å². The van der Waals surface area contributed by atoms with E-state index in [-0.39, 0.29) is 0 Å². The highest BCUT2D eigenvalue weighted by molar-refractivity contribution is 7.93.